The van der Waals surface area contributed by atoms with Crippen molar-refractivity contribution >= 4 is 15.9 Å². The third-order valence-electron chi connectivity index (χ3n) is 6.18. The molecule has 1 atom stereocenters. The summed E-state index contributed by atoms with van der Waals surface area (Å²) in [6.07, 6.45) is 6.56. The lowest BCUT2D eigenvalue weighted by molar-refractivity contribution is -0.0908. The quantitative estimate of drug-likeness (QED) is 0.865. The lowest BCUT2D eigenvalue weighted by atomic mass is 9.50. The minimum atomic E-state index is -0.317. The summed E-state index contributed by atoms with van der Waals surface area (Å²) in [5.74, 6) is 4.71. The number of halogens is 1. The van der Waals surface area contributed by atoms with E-state index in [0.29, 0.717) is 5.92 Å². The zero-order valence-corrected chi connectivity index (χ0v) is 14.1. The Morgan fingerprint density at radius 2 is 1.71 bits per heavy atom. The molecule has 4 aliphatic rings. The van der Waals surface area contributed by atoms with Crippen molar-refractivity contribution in [3.8, 4) is 5.75 Å². The number of aliphatic hydroxyl groups is 1. The smallest absolute Gasteiger partial charge is 0.133 e. The van der Waals surface area contributed by atoms with Crippen LogP contribution in [-0.2, 0) is 0 Å². The molecule has 21 heavy (non-hydrogen) atoms. The van der Waals surface area contributed by atoms with E-state index in [2.05, 4.69) is 15.9 Å². The summed E-state index contributed by atoms with van der Waals surface area (Å²) in [6, 6.07) is 6.02. The summed E-state index contributed by atoms with van der Waals surface area (Å²) < 4.78 is 6.23. The van der Waals surface area contributed by atoms with Crippen LogP contribution in [0.4, 0.5) is 0 Å². The number of ether oxygens (including phenoxy) is 1. The molecule has 4 fully saturated rings. The third kappa shape index (κ3) is 2.33. The molecule has 1 N–H and O–H groups in total. The predicted molar refractivity (Wildman–Crippen MR) is 86.2 cm³/mol. The molecule has 0 aromatic heterocycles. The summed E-state index contributed by atoms with van der Waals surface area (Å²) in [4.78, 5) is 0. The maximum absolute atomic E-state index is 11.0. The average Bonchev–Trinajstić information content (AvgIpc) is 2.45. The summed E-state index contributed by atoms with van der Waals surface area (Å²) in [6.45, 7) is 0. The minimum Gasteiger partial charge on any atom is -0.496 e. The van der Waals surface area contributed by atoms with E-state index in [1.165, 1.54) is 32.1 Å². The van der Waals surface area contributed by atoms with Crippen molar-refractivity contribution in [3.63, 3.8) is 0 Å². The summed E-state index contributed by atoms with van der Waals surface area (Å²) >= 11 is 3.54. The Bertz CT molecular complexity index is 514. The molecule has 0 radical (unpaired) electrons. The number of rotatable bonds is 3. The van der Waals surface area contributed by atoms with Crippen LogP contribution in [0.15, 0.2) is 22.7 Å². The van der Waals surface area contributed by atoms with Crippen molar-refractivity contribution in [2.75, 3.05) is 7.11 Å². The maximum Gasteiger partial charge on any atom is 0.133 e. The highest BCUT2D eigenvalue weighted by Gasteiger charge is 2.50. The molecular formula is C18H23BrO2. The highest BCUT2D eigenvalue weighted by molar-refractivity contribution is 9.10. The van der Waals surface area contributed by atoms with Gasteiger partial charge in [0.25, 0.3) is 0 Å². The fraction of sp³-hybridized carbons (Fsp3) is 0.667. The third-order valence-corrected chi connectivity index (χ3v) is 6.80. The van der Waals surface area contributed by atoms with Crippen LogP contribution in [-0.4, -0.2) is 12.2 Å². The first-order valence-electron chi connectivity index (χ1n) is 8.17. The number of methoxy groups -OCH3 is 1. The van der Waals surface area contributed by atoms with Crippen molar-refractivity contribution in [1.82, 2.24) is 0 Å². The SMILES string of the molecule is COc1ccc(C(O)C2C3CC4CC(C3)CC2C4)cc1Br. The second-order valence-electron chi connectivity index (χ2n) is 7.35. The molecular weight excluding hydrogens is 328 g/mol. The molecule has 0 amide bonds. The van der Waals surface area contributed by atoms with Crippen LogP contribution < -0.4 is 4.74 Å². The van der Waals surface area contributed by atoms with Gasteiger partial charge in [0, 0.05) is 0 Å². The fourth-order valence-corrected chi connectivity index (χ4v) is 6.13. The normalized spacial score (nSPS) is 38.5. The average molecular weight is 351 g/mol. The van der Waals surface area contributed by atoms with E-state index in [0.717, 1.165) is 39.5 Å². The minimum absolute atomic E-state index is 0.317. The van der Waals surface area contributed by atoms with Crippen LogP contribution in [0.3, 0.4) is 0 Å². The topological polar surface area (TPSA) is 29.5 Å². The Kier molecular flexibility index (Phi) is 3.54. The molecule has 4 aliphatic carbocycles. The Morgan fingerprint density at radius 3 is 2.24 bits per heavy atom. The van der Waals surface area contributed by atoms with Crippen LogP contribution in [0.1, 0.15) is 43.8 Å². The Morgan fingerprint density at radius 1 is 1.10 bits per heavy atom. The fourth-order valence-electron chi connectivity index (χ4n) is 5.57. The number of hydrogen-bond acceptors (Lipinski definition) is 2. The monoisotopic (exact) mass is 350 g/mol. The van der Waals surface area contributed by atoms with Crippen LogP contribution >= 0.6 is 15.9 Å². The highest BCUT2D eigenvalue weighted by atomic mass is 79.9. The van der Waals surface area contributed by atoms with Crippen molar-refractivity contribution in [2.45, 2.75) is 38.2 Å². The molecule has 3 heteroatoms. The van der Waals surface area contributed by atoms with Gasteiger partial charge in [-0.3, -0.25) is 0 Å². The van der Waals surface area contributed by atoms with E-state index in [4.69, 9.17) is 4.74 Å². The summed E-state index contributed by atoms with van der Waals surface area (Å²) in [5.41, 5.74) is 1.04. The summed E-state index contributed by atoms with van der Waals surface area (Å²) in [5, 5.41) is 11.0. The Balaban J connectivity index is 1.60. The molecule has 114 valence electrons. The molecule has 0 aliphatic heterocycles. The molecule has 5 rings (SSSR count). The van der Waals surface area contributed by atoms with Gasteiger partial charge in [-0.15, -0.1) is 0 Å². The molecule has 1 aromatic carbocycles. The first-order chi connectivity index (χ1) is 10.2. The molecule has 4 saturated carbocycles. The first-order valence-corrected chi connectivity index (χ1v) is 8.96. The number of hydrogen-bond donors (Lipinski definition) is 1. The molecule has 0 saturated heterocycles. The van der Waals surface area contributed by atoms with Gasteiger partial charge in [0.15, 0.2) is 0 Å². The predicted octanol–water partition coefficient (Wildman–Crippen LogP) is 4.56. The van der Waals surface area contributed by atoms with E-state index in [1.807, 2.05) is 18.2 Å². The zero-order chi connectivity index (χ0) is 14.6. The van der Waals surface area contributed by atoms with E-state index < -0.39 is 0 Å². The lowest BCUT2D eigenvalue weighted by Gasteiger charge is -2.55. The molecule has 2 nitrogen and oxygen atoms in total. The second-order valence-corrected chi connectivity index (χ2v) is 8.20. The van der Waals surface area contributed by atoms with Gasteiger partial charge in [-0.25, -0.2) is 0 Å². The maximum atomic E-state index is 11.0. The number of benzene rings is 1. The van der Waals surface area contributed by atoms with Crippen LogP contribution in [0, 0.1) is 29.6 Å². The molecule has 0 heterocycles. The Hall–Kier alpha value is -0.540. The molecule has 1 aromatic rings. The van der Waals surface area contributed by atoms with E-state index in [-0.39, 0.29) is 6.10 Å². The van der Waals surface area contributed by atoms with Gasteiger partial charge in [0.2, 0.25) is 0 Å². The van der Waals surface area contributed by atoms with E-state index in [9.17, 15) is 5.11 Å². The van der Waals surface area contributed by atoms with Gasteiger partial charge >= 0.3 is 0 Å². The summed E-state index contributed by atoms with van der Waals surface area (Å²) in [7, 11) is 1.67. The van der Waals surface area contributed by atoms with Gasteiger partial charge in [0.1, 0.15) is 5.75 Å². The zero-order valence-electron chi connectivity index (χ0n) is 12.5. The van der Waals surface area contributed by atoms with Crippen LogP contribution in [0.2, 0.25) is 0 Å². The van der Waals surface area contributed by atoms with Crippen molar-refractivity contribution in [2.24, 2.45) is 29.6 Å². The second kappa shape index (κ2) is 5.27. The van der Waals surface area contributed by atoms with Crippen LogP contribution in [0.25, 0.3) is 0 Å². The Labute approximate surface area is 135 Å². The first kappa shape index (κ1) is 14.1. The van der Waals surface area contributed by atoms with Gasteiger partial charge in [-0.1, -0.05) is 6.07 Å². The van der Waals surface area contributed by atoms with Gasteiger partial charge in [-0.2, -0.15) is 0 Å². The van der Waals surface area contributed by atoms with Crippen molar-refractivity contribution < 1.29 is 9.84 Å². The van der Waals surface area contributed by atoms with E-state index in [1.54, 1.807) is 7.11 Å². The number of aliphatic hydroxyl groups excluding tert-OH is 1. The van der Waals surface area contributed by atoms with Crippen molar-refractivity contribution in [1.29, 1.82) is 0 Å². The molecule has 4 bridgehead atoms. The van der Waals surface area contributed by atoms with Gasteiger partial charge in [0.05, 0.1) is 17.7 Å². The molecule has 1 unspecified atom stereocenters. The standard InChI is InChI=1S/C18H23BrO2/c1-21-16-3-2-12(9-15(16)19)18(20)17-13-5-10-4-11(7-13)8-14(17)6-10/h2-3,9-11,13-14,17-18,20H,4-8H2,1H3. The molecule has 0 spiro atoms. The van der Waals surface area contributed by atoms with Crippen molar-refractivity contribution in [3.05, 3.63) is 28.2 Å². The van der Waals surface area contributed by atoms with Gasteiger partial charge in [-0.05, 0) is 95.3 Å². The van der Waals surface area contributed by atoms with Crippen LogP contribution in [0.5, 0.6) is 5.75 Å². The lowest BCUT2D eigenvalue weighted by Crippen LogP contribution is -2.47. The largest absolute Gasteiger partial charge is 0.496 e. The van der Waals surface area contributed by atoms with Gasteiger partial charge < -0.3 is 9.84 Å². The highest BCUT2D eigenvalue weighted by Crippen LogP contribution is 2.59. The van der Waals surface area contributed by atoms with E-state index >= 15 is 0 Å².